The minimum absolute atomic E-state index is 0.127. The van der Waals surface area contributed by atoms with Crippen molar-refractivity contribution in [3.8, 4) is 0 Å². The molecular formula is C12H10FN5O2S. The second kappa shape index (κ2) is 4.77. The van der Waals surface area contributed by atoms with Crippen LogP contribution >= 0.6 is 0 Å². The van der Waals surface area contributed by atoms with Gasteiger partial charge in [0.1, 0.15) is 5.82 Å². The number of halogens is 1. The fraction of sp³-hybridized carbons (Fsp3) is 0.0833. The number of hydrogen-bond acceptors (Lipinski definition) is 5. The average molecular weight is 307 g/mol. The lowest BCUT2D eigenvalue weighted by atomic mass is 10.2. The summed E-state index contributed by atoms with van der Waals surface area (Å²) >= 11 is 0. The molecule has 0 unspecified atom stereocenters. The molecule has 0 saturated carbocycles. The van der Waals surface area contributed by atoms with E-state index < -0.39 is 15.8 Å². The van der Waals surface area contributed by atoms with Gasteiger partial charge in [-0.3, -0.25) is 0 Å². The maximum absolute atomic E-state index is 13.2. The Hall–Kier alpha value is -2.55. The highest BCUT2D eigenvalue weighted by Gasteiger charge is 2.20. The Morgan fingerprint density at radius 3 is 2.90 bits per heavy atom. The molecule has 2 aromatic heterocycles. The molecule has 0 fully saturated rings. The van der Waals surface area contributed by atoms with Crippen molar-refractivity contribution in [3.05, 3.63) is 48.0 Å². The van der Waals surface area contributed by atoms with Crippen LogP contribution in [0, 0.1) is 12.7 Å². The summed E-state index contributed by atoms with van der Waals surface area (Å²) in [5, 5.41) is 3.93. The lowest BCUT2D eigenvalue weighted by Gasteiger charge is -2.07. The Morgan fingerprint density at radius 2 is 2.14 bits per heavy atom. The van der Waals surface area contributed by atoms with Crippen molar-refractivity contribution in [3.63, 3.8) is 0 Å². The van der Waals surface area contributed by atoms with Crippen molar-refractivity contribution < 1.29 is 12.8 Å². The first-order valence-corrected chi connectivity index (χ1v) is 7.40. The van der Waals surface area contributed by atoms with Crippen molar-refractivity contribution >= 4 is 21.7 Å². The highest BCUT2D eigenvalue weighted by molar-refractivity contribution is 7.92. The van der Waals surface area contributed by atoms with Gasteiger partial charge in [0, 0.05) is 12.4 Å². The summed E-state index contributed by atoms with van der Waals surface area (Å²) in [6.07, 6.45) is 3.10. The molecule has 0 spiro atoms. The number of hydrogen-bond donors (Lipinski definition) is 1. The van der Waals surface area contributed by atoms with Gasteiger partial charge < -0.3 is 0 Å². The lowest BCUT2D eigenvalue weighted by Crippen LogP contribution is -2.15. The molecule has 0 amide bonds. The molecule has 0 aliphatic heterocycles. The van der Waals surface area contributed by atoms with Crippen LogP contribution in [0.1, 0.15) is 5.56 Å². The number of anilines is 1. The van der Waals surface area contributed by atoms with E-state index in [0.29, 0.717) is 5.56 Å². The molecular weight excluding hydrogens is 297 g/mol. The van der Waals surface area contributed by atoms with Crippen LogP contribution < -0.4 is 4.72 Å². The van der Waals surface area contributed by atoms with Crippen molar-refractivity contribution in [1.29, 1.82) is 0 Å². The third-order valence-electron chi connectivity index (χ3n) is 2.78. The molecule has 0 atom stereocenters. The molecule has 3 rings (SSSR count). The summed E-state index contributed by atoms with van der Waals surface area (Å²) in [6.45, 7) is 1.58. The largest absolute Gasteiger partial charge is 0.264 e. The van der Waals surface area contributed by atoms with E-state index in [4.69, 9.17) is 0 Å². The van der Waals surface area contributed by atoms with E-state index in [1.54, 1.807) is 19.2 Å². The quantitative estimate of drug-likeness (QED) is 0.789. The molecule has 21 heavy (non-hydrogen) atoms. The number of sulfonamides is 1. The van der Waals surface area contributed by atoms with Gasteiger partial charge in [0.25, 0.3) is 21.7 Å². The molecule has 0 aliphatic carbocycles. The number of benzene rings is 1. The zero-order chi connectivity index (χ0) is 15.0. The SMILES string of the molecule is Cc1ccc(F)cc1S(=O)(=O)Nc1nc2ncccn2n1. The Bertz CT molecular complexity index is 889. The van der Waals surface area contributed by atoms with Gasteiger partial charge in [0.15, 0.2) is 0 Å². The lowest BCUT2D eigenvalue weighted by molar-refractivity contribution is 0.594. The van der Waals surface area contributed by atoms with Crippen LogP contribution in [-0.2, 0) is 10.0 Å². The average Bonchev–Trinajstić information content (AvgIpc) is 2.82. The summed E-state index contributed by atoms with van der Waals surface area (Å²) in [4.78, 5) is 7.70. The fourth-order valence-corrected chi connectivity index (χ4v) is 3.01. The highest BCUT2D eigenvalue weighted by atomic mass is 32.2. The normalized spacial score (nSPS) is 11.7. The molecule has 108 valence electrons. The molecule has 3 aromatic rings. The Balaban J connectivity index is 2.01. The smallest absolute Gasteiger partial charge is 0.246 e. The second-order valence-corrected chi connectivity index (χ2v) is 5.97. The van der Waals surface area contributed by atoms with Gasteiger partial charge in [0.05, 0.1) is 4.90 Å². The summed E-state index contributed by atoms with van der Waals surface area (Å²) in [6, 6.07) is 5.17. The van der Waals surface area contributed by atoms with E-state index in [9.17, 15) is 12.8 Å². The third kappa shape index (κ3) is 2.55. The second-order valence-electron chi connectivity index (χ2n) is 4.31. The summed E-state index contributed by atoms with van der Waals surface area (Å²) in [7, 11) is -3.97. The van der Waals surface area contributed by atoms with E-state index in [0.717, 1.165) is 6.07 Å². The van der Waals surface area contributed by atoms with Crippen LogP contribution in [0.15, 0.2) is 41.6 Å². The maximum Gasteiger partial charge on any atom is 0.264 e. The molecule has 2 heterocycles. The van der Waals surface area contributed by atoms with E-state index >= 15 is 0 Å². The van der Waals surface area contributed by atoms with Crippen LogP contribution in [0.5, 0.6) is 0 Å². The minimum atomic E-state index is -3.97. The van der Waals surface area contributed by atoms with Gasteiger partial charge in [-0.25, -0.2) is 27.0 Å². The minimum Gasteiger partial charge on any atom is -0.246 e. The van der Waals surface area contributed by atoms with Crippen molar-refractivity contribution in [2.24, 2.45) is 0 Å². The summed E-state index contributed by atoms with van der Waals surface area (Å²) in [5.41, 5.74) is 0.422. The van der Waals surface area contributed by atoms with Gasteiger partial charge in [-0.1, -0.05) is 6.07 Å². The van der Waals surface area contributed by atoms with E-state index in [-0.39, 0.29) is 16.6 Å². The number of nitrogens with one attached hydrogen (secondary N) is 1. The number of nitrogens with zero attached hydrogens (tertiary/aromatic N) is 4. The van der Waals surface area contributed by atoms with E-state index in [2.05, 4.69) is 19.8 Å². The zero-order valence-corrected chi connectivity index (χ0v) is 11.7. The molecule has 1 N–H and O–H groups in total. The predicted molar refractivity (Wildman–Crippen MR) is 72.7 cm³/mol. The van der Waals surface area contributed by atoms with Crippen molar-refractivity contribution in [2.75, 3.05) is 4.72 Å². The number of aryl methyl sites for hydroxylation is 1. The Morgan fingerprint density at radius 1 is 1.33 bits per heavy atom. The first kappa shape index (κ1) is 13.4. The van der Waals surface area contributed by atoms with Crippen LogP contribution in [0.4, 0.5) is 10.3 Å². The Kier molecular flexibility index (Phi) is 3.05. The molecule has 7 nitrogen and oxygen atoms in total. The van der Waals surface area contributed by atoms with Gasteiger partial charge in [-0.2, -0.15) is 4.98 Å². The molecule has 0 bridgehead atoms. The van der Waals surface area contributed by atoms with Crippen LogP contribution in [0.2, 0.25) is 0 Å². The maximum atomic E-state index is 13.2. The molecule has 0 radical (unpaired) electrons. The van der Waals surface area contributed by atoms with Gasteiger partial charge >= 0.3 is 0 Å². The number of fused-ring (bicyclic) bond motifs is 1. The van der Waals surface area contributed by atoms with Crippen LogP contribution in [0.3, 0.4) is 0 Å². The first-order valence-electron chi connectivity index (χ1n) is 5.92. The van der Waals surface area contributed by atoms with E-state index in [1.807, 2.05) is 0 Å². The van der Waals surface area contributed by atoms with Gasteiger partial charge in [0.2, 0.25) is 0 Å². The third-order valence-corrected chi connectivity index (χ3v) is 4.25. The number of rotatable bonds is 3. The van der Waals surface area contributed by atoms with Crippen molar-refractivity contribution in [1.82, 2.24) is 19.6 Å². The molecule has 0 saturated heterocycles. The van der Waals surface area contributed by atoms with Crippen LogP contribution in [-0.4, -0.2) is 28.0 Å². The predicted octanol–water partition coefficient (Wildman–Crippen LogP) is 1.37. The van der Waals surface area contributed by atoms with Gasteiger partial charge in [-0.05, 0) is 30.7 Å². The zero-order valence-electron chi connectivity index (χ0n) is 10.9. The highest BCUT2D eigenvalue weighted by Crippen LogP contribution is 2.19. The Labute approximate surface area is 119 Å². The fourth-order valence-electron chi connectivity index (χ4n) is 1.81. The molecule has 1 aromatic carbocycles. The monoisotopic (exact) mass is 307 g/mol. The van der Waals surface area contributed by atoms with Gasteiger partial charge in [-0.15, -0.1) is 5.10 Å². The van der Waals surface area contributed by atoms with Crippen LogP contribution in [0.25, 0.3) is 5.78 Å². The standard InChI is InChI=1S/C12H10FN5O2S/c1-8-3-4-9(13)7-10(8)21(19,20)17-11-15-12-14-5-2-6-18(12)16-11/h2-7H,1H3,(H,16,17). The summed E-state index contributed by atoms with van der Waals surface area (Å²) in [5.74, 6) is -0.505. The topological polar surface area (TPSA) is 89.2 Å². The van der Waals surface area contributed by atoms with Crippen molar-refractivity contribution in [2.45, 2.75) is 11.8 Å². The molecule has 0 aliphatic rings. The summed E-state index contributed by atoms with van der Waals surface area (Å²) < 4.78 is 41.3. The molecule has 9 heteroatoms. The first-order chi connectivity index (χ1) is 9.95. The number of aromatic nitrogens is 4. The van der Waals surface area contributed by atoms with E-state index in [1.165, 1.54) is 22.8 Å².